The van der Waals surface area contributed by atoms with E-state index in [1.807, 2.05) is 12.3 Å². The Hall–Kier alpha value is -0.760. The second kappa shape index (κ2) is 6.80. The predicted octanol–water partition coefficient (Wildman–Crippen LogP) is 4.14. The van der Waals surface area contributed by atoms with Gasteiger partial charge in [-0.25, -0.2) is 15.0 Å². The molecule has 0 aliphatic heterocycles. The first-order valence-electron chi connectivity index (χ1n) is 6.74. The maximum Gasteiger partial charge on any atom is 0.181 e. The van der Waals surface area contributed by atoms with Gasteiger partial charge >= 0.3 is 0 Å². The SMILES string of the molecule is CCNc1nc(-c2csc(C)n2)nc(CC(C)C)c1I. The molecule has 2 rings (SSSR count). The highest BCUT2D eigenvalue weighted by atomic mass is 127. The van der Waals surface area contributed by atoms with Gasteiger partial charge in [0.05, 0.1) is 14.3 Å². The number of hydrogen-bond acceptors (Lipinski definition) is 5. The number of hydrogen-bond donors (Lipinski definition) is 1. The predicted molar refractivity (Wildman–Crippen MR) is 93.3 cm³/mol. The van der Waals surface area contributed by atoms with Crippen molar-refractivity contribution in [3.63, 3.8) is 0 Å². The largest absolute Gasteiger partial charge is 0.369 e. The van der Waals surface area contributed by atoms with E-state index in [2.05, 4.69) is 58.6 Å². The molecule has 0 aliphatic rings. The van der Waals surface area contributed by atoms with Crippen LogP contribution >= 0.6 is 33.9 Å². The van der Waals surface area contributed by atoms with Crippen LogP contribution in [0.4, 0.5) is 5.82 Å². The van der Waals surface area contributed by atoms with Gasteiger partial charge < -0.3 is 5.32 Å². The first-order chi connectivity index (χ1) is 9.51. The van der Waals surface area contributed by atoms with E-state index >= 15 is 0 Å². The Balaban J connectivity index is 2.49. The molecule has 2 aromatic heterocycles. The normalized spacial score (nSPS) is 11.1. The minimum Gasteiger partial charge on any atom is -0.369 e. The molecule has 2 heterocycles. The highest BCUT2D eigenvalue weighted by molar-refractivity contribution is 14.1. The Morgan fingerprint density at radius 3 is 2.60 bits per heavy atom. The molecule has 0 unspecified atom stereocenters. The van der Waals surface area contributed by atoms with E-state index in [4.69, 9.17) is 4.98 Å². The summed E-state index contributed by atoms with van der Waals surface area (Å²) in [6.45, 7) is 9.34. The topological polar surface area (TPSA) is 50.7 Å². The molecular weight excluding hydrogens is 383 g/mol. The highest BCUT2D eigenvalue weighted by Gasteiger charge is 2.15. The molecule has 4 nitrogen and oxygen atoms in total. The fourth-order valence-corrected chi connectivity index (χ4v) is 3.12. The Labute approximate surface area is 137 Å². The molecule has 2 aromatic rings. The number of anilines is 1. The Morgan fingerprint density at radius 2 is 2.05 bits per heavy atom. The molecule has 0 amide bonds. The first kappa shape index (κ1) is 15.6. The number of aromatic nitrogens is 3. The number of nitrogens with zero attached hydrogens (tertiary/aromatic N) is 3. The van der Waals surface area contributed by atoms with E-state index in [1.54, 1.807) is 11.3 Å². The lowest BCUT2D eigenvalue weighted by Gasteiger charge is -2.12. The molecular formula is C14H19IN4S. The zero-order valence-corrected chi connectivity index (χ0v) is 15.2. The Morgan fingerprint density at radius 1 is 1.30 bits per heavy atom. The van der Waals surface area contributed by atoms with Crippen molar-refractivity contribution in [2.24, 2.45) is 5.92 Å². The van der Waals surface area contributed by atoms with Crippen LogP contribution in [0.3, 0.4) is 0 Å². The molecule has 1 N–H and O–H groups in total. The van der Waals surface area contributed by atoms with Gasteiger partial charge in [-0.05, 0) is 48.8 Å². The van der Waals surface area contributed by atoms with Crippen LogP contribution in [-0.2, 0) is 6.42 Å². The number of thiazole rings is 1. The van der Waals surface area contributed by atoms with Crippen molar-refractivity contribution < 1.29 is 0 Å². The zero-order valence-electron chi connectivity index (χ0n) is 12.2. The van der Waals surface area contributed by atoms with Gasteiger partial charge in [-0.1, -0.05) is 13.8 Å². The molecule has 0 bridgehead atoms. The summed E-state index contributed by atoms with van der Waals surface area (Å²) >= 11 is 3.96. The maximum absolute atomic E-state index is 4.72. The van der Waals surface area contributed by atoms with Crippen LogP contribution in [0.25, 0.3) is 11.5 Å². The molecule has 0 aliphatic carbocycles. The Kier molecular flexibility index (Phi) is 5.31. The summed E-state index contributed by atoms with van der Waals surface area (Å²) in [6.07, 6.45) is 0.954. The van der Waals surface area contributed by atoms with Crippen LogP contribution in [0.5, 0.6) is 0 Å². The second-order valence-electron chi connectivity index (χ2n) is 5.04. The van der Waals surface area contributed by atoms with Gasteiger partial charge in [-0.15, -0.1) is 11.3 Å². The standard InChI is InChI=1S/C14H19IN4S/c1-5-16-14-12(15)10(6-8(2)3)18-13(19-14)11-7-20-9(4)17-11/h7-8H,5-6H2,1-4H3,(H,16,18,19). The van der Waals surface area contributed by atoms with Crippen LogP contribution in [0.2, 0.25) is 0 Å². The molecule has 0 saturated heterocycles. The van der Waals surface area contributed by atoms with Gasteiger partial charge in [-0.2, -0.15) is 0 Å². The average molecular weight is 402 g/mol. The van der Waals surface area contributed by atoms with Crippen molar-refractivity contribution in [1.82, 2.24) is 15.0 Å². The highest BCUT2D eigenvalue weighted by Crippen LogP contribution is 2.26. The lowest BCUT2D eigenvalue weighted by molar-refractivity contribution is 0.632. The molecule has 0 saturated carbocycles. The molecule has 20 heavy (non-hydrogen) atoms. The lowest BCUT2D eigenvalue weighted by Crippen LogP contribution is -2.10. The molecule has 0 radical (unpaired) electrons. The third-order valence-corrected chi connectivity index (χ3v) is 4.62. The molecule has 108 valence electrons. The summed E-state index contributed by atoms with van der Waals surface area (Å²) in [4.78, 5) is 13.8. The summed E-state index contributed by atoms with van der Waals surface area (Å²) in [5.41, 5.74) is 1.97. The zero-order chi connectivity index (χ0) is 14.7. The summed E-state index contributed by atoms with van der Waals surface area (Å²) in [7, 11) is 0. The van der Waals surface area contributed by atoms with Crippen LogP contribution in [-0.4, -0.2) is 21.5 Å². The van der Waals surface area contributed by atoms with E-state index in [0.717, 1.165) is 44.6 Å². The monoisotopic (exact) mass is 402 g/mol. The van der Waals surface area contributed by atoms with Crippen molar-refractivity contribution in [2.45, 2.75) is 34.1 Å². The van der Waals surface area contributed by atoms with E-state index in [1.165, 1.54) is 0 Å². The minimum absolute atomic E-state index is 0.568. The van der Waals surface area contributed by atoms with Gasteiger partial charge in [0.2, 0.25) is 0 Å². The number of halogens is 1. The van der Waals surface area contributed by atoms with Gasteiger partial charge in [0.15, 0.2) is 5.82 Å². The van der Waals surface area contributed by atoms with Crippen molar-refractivity contribution >= 4 is 39.7 Å². The van der Waals surface area contributed by atoms with Crippen LogP contribution < -0.4 is 5.32 Å². The smallest absolute Gasteiger partial charge is 0.181 e. The summed E-state index contributed by atoms with van der Waals surface area (Å²) < 4.78 is 1.12. The van der Waals surface area contributed by atoms with E-state index in [-0.39, 0.29) is 0 Å². The summed E-state index contributed by atoms with van der Waals surface area (Å²) in [5.74, 6) is 2.21. The summed E-state index contributed by atoms with van der Waals surface area (Å²) in [5, 5.41) is 6.38. The van der Waals surface area contributed by atoms with E-state index in [9.17, 15) is 0 Å². The third kappa shape index (κ3) is 3.66. The average Bonchev–Trinajstić information content (AvgIpc) is 2.80. The molecule has 0 atom stereocenters. The van der Waals surface area contributed by atoms with Crippen molar-refractivity contribution in [2.75, 3.05) is 11.9 Å². The van der Waals surface area contributed by atoms with Gasteiger partial charge in [-0.3, -0.25) is 0 Å². The number of nitrogens with one attached hydrogen (secondary N) is 1. The molecule has 0 fully saturated rings. The summed E-state index contributed by atoms with van der Waals surface area (Å²) in [6, 6.07) is 0. The lowest BCUT2D eigenvalue weighted by atomic mass is 10.1. The molecule has 0 aromatic carbocycles. The molecule has 0 spiro atoms. The van der Waals surface area contributed by atoms with Gasteiger partial charge in [0, 0.05) is 11.9 Å². The van der Waals surface area contributed by atoms with Crippen molar-refractivity contribution in [3.05, 3.63) is 19.7 Å². The maximum atomic E-state index is 4.72. The quantitative estimate of drug-likeness (QED) is 0.764. The minimum atomic E-state index is 0.568. The second-order valence-corrected chi connectivity index (χ2v) is 7.18. The first-order valence-corrected chi connectivity index (χ1v) is 8.69. The number of rotatable bonds is 5. The van der Waals surface area contributed by atoms with E-state index < -0.39 is 0 Å². The third-order valence-electron chi connectivity index (χ3n) is 2.71. The number of aryl methyl sites for hydroxylation is 1. The van der Waals surface area contributed by atoms with Crippen LogP contribution in [0.1, 0.15) is 31.5 Å². The fraction of sp³-hybridized carbons (Fsp3) is 0.500. The fourth-order valence-electron chi connectivity index (χ4n) is 1.88. The Bertz CT molecular complexity index is 595. The van der Waals surface area contributed by atoms with Crippen LogP contribution in [0, 0.1) is 16.4 Å². The van der Waals surface area contributed by atoms with Crippen molar-refractivity contribution in [1.29, 1.82) is 0 Å². The van der Waals surface area contributed by atoms with Crippen LogP contribution in [0.15, 0.2) is 5.38 Å². The molecule has 6 heteroatoms. The van der Waals surface area contributed by atoms with Gasteiger partial charge in [0.1, 0.15) is 11.5 Å². The van der Waals surface area contributed by atoms with E-state index in [0.29, 0.717) is 5.92 Å². The van der Waals surface area contributed by atoms with Crippen molar-refractivity contribution in [3.8, 4) is 11.5 Å². The van der Waals surface area contributed by atoms with Gasteiger partial charge in [0.25, 0.3) is 0 Å².